The number of rotatable bonds is 2. The molecule has 0 spiro atoms. The van der Waals surface area contributed by atoms with Crippen LogP contribution in [0.5, 0.6) is 0 Å². The molecule has 0 saturated carbocycles. The van der Waals surface area contributed by atoms with Gasteiger partial charge in [-0.25, -0.2) is 0 Å². The van der Waals surface area contributed by atoms with E-state index in [1.807, 2.05) is 0 Å². The Hall–Kier alpha value is -1.32. The topological polar surface area (TPSA) is 77.3 Å². The molecule has 0 fully saturated rings. The van der Waals surface area contributed by atoms with Crippen LogP contribution in [-0.2, 0) is 0 Å². The van der Waals surface area contributed by atoms with E-state index in [2.05, 4.69) is 30.6 Å². The molecule has 0 unspecified atom stereocenters. The summed E-state index contributed by atoms with van der Waals surface area (Å²) in [6.45, 7) is 0. The van der Waals surface area contributed by atoms with Gasteiger partial charge in [0.05, 0.1) is 0 Å². The molecule has 0 aliphatic heterocycles. The molecule has 3 aromatic rings. The number of nitrogens with zero attached hydrogens (tertiary/aromatic N) is 6. The van der Waals surface area contributed by atoms with Crippen LogP contribution in [0.25, 0.3) is 20.0 Å². The molecule has 15 heavy (non-hydrogen) atoms. The zero-order valence-corrected chi connectivity index (χ0v) is 9.51. The second-order valence-corrected chi connectivity index (χ2v) is 5.04. The molecule has 0 saturated heterocycles. The van der Waals surface area contributed by atoms with Crippen molar-refractivity contribution in [1.82, 2.24) is 30.6 Å². The second-order valence-electron chi connectivity index (χ2n) is 2.40. The summed E-state index contributed by atoms with van der Waals surface area (Å²) in [7, 11) is 0. The Labute approximate surface area is 95.7 Å². The highest BCUT2D eigenvalue weighted by Crippen LogP contribution is 2.30. The van der Waals surface area contributed by atoms with Crippen LogP contribution in [0.4, 0.5) is 0 Å². The van der Waals surface area contributed by atoms with E-state index in [0.29, 0.717) is 0 Å². The fraction of sp³-hybridized carbons (Fsp3) is 0. The highest BCUT2D eigenvalue weighted by Gasteiger charge is 2.12. The maximum Gasteiger partial charge on any atom is 0.178 e. The summed E-state index contributed by atoms with van der Waals surface area (Å²) in [5, 5.41) is 26.5. The monoisotopic (exact) mass is 254 g/mol. The van der Waals surface area contributed by atoms with Crippen LogP contribution in [0.15, 0.2) is 11.0 Å². The fourth-order valence-corrected chi connectivity index (χ4v) is 2.93. The molecule has 0 N–H and O–H groups in total. The molecule has 9 heteroatoms. The minimum Gasteiger partial charge on any atom is -0.147 e. The largest absolute Gasteiger partial charge is 0.178 e. The molecule has 0 bridgehead atoms. The van der Waals surface area contributed by atoms with Crippen LogP contribution in [-0.4, -0.2) is 30.6 Å². The van der Waals surface area contributed by atoms with Gasteiger partial charge in [0.1, 0.15) is 11.0 Å². The van der Waals surface area contributed by atoms with E-state index in [1.165, 1.54) is 34.0 Å². The summed E-state index contributed by atoms with van der Waals surface area (Å²) in [5.41, 5.74) is 3.34. The minimum atomic E-state index is 0.766. The predicted molar refractivity (Wildman–Crippen MR) is 57.7 cm³/mol. The van der Waals surface area contributed by atoms with Crippen LogP contribution >= 0.6 is 34.0 Å². The zero-order valence-electron chi connectivity index (χ0n) is 7.06. The third kappa shape index (κ3) is 1.64. The van der Waals surface area contributed by atoms with Gasteiger partial charge in [0.2, 0.25) is 0 Å². The van der Waals surface area contributed by atoms with Crippen molar-refractivity contribution in [2.75, 3.05) is 0 Å². The molecule has 3 heterocycles. The molecule has 74 valence electrons. The fourth-order valence-electron chi connectivity index (χ4n) is 0.929. The number of hydrogen-bond acceptors (Lipinski definition) is 9. The lowest BCUT2D eigenvalue weighted by Gasteiger charge is -1.81. The van der Waals surface area contributed by atoms with E-state index in [4.69, 9.17) is 0 Å². The van der Waals surface area contributed by atoms with Crippen LogP contribution in [0.2, 0.25) is 0 Å². The Balaban J connectivity index is 2.02. The van der Waals surface area contributed by atoms with Gasteiger partial charge in [0.25, 0.3) is 0 Å². The van der Waals surface area contributed by atoms with Crippen molar-refractivity contribution in [3.8, 4) is 20.0 Å². The van der Waals surface area contributed by atoms with E-state index in [9.17, 15) is 0 Å². The summed E-state index contributed by atoms with van der Waals surface area (Å²) in [5.74, 6) is 0. The van der Waals surface area contributed by atoms with Gasteiger partial charge in [0.15, 0.2) is 20.0 Å². The van der Waals surface area contributed by atoms with Gasteiger partial charge in [0, 0.05) is 0 Å². The molecule has 0 aliphatic carbocycles. The van der Waals surface area contributed by atoms with Crippen LogP contribution in [0.3, 0.4) is 0 Å². The molecular weight excluding hydrogens is 252 g/mol. The van der Waals surface area contributed by atoms with Gasteiger partial charge in [-0.2, -0.15) is 0 Å². The Morgan fingerprint density at radius 3 is 1.60 bits per heavy atom. The highest BCUT2D eigenvalue weighted by molar-refractivity contribution is 7.24. The molecule has 3 rings (SSSR count). The lowest BCUT2D eigenvalue weighted by molar-refractivity contribution is 1.05. The quantitative estimate of drug-likeness (QED) is 0.691. The van der Waals surface area contributed by atoms with Crippen molar-refractivity contribution in [2.24, 2.45) is 0 Å². The average Bonchev–Trinajstić information content (AvgIpc) is 3.02. The Morgan fingerprint density at radius 1 is 0.667 bits per heavy atom. The van der Waals surface area contributed by atoms with E-state index in [0.717, 1.165) is 20.0 Å². The molecule has 3 aromatic heterocycles. The second kappa shape index (κ2) is 3.68. The van der Waals surface area contributed by atoms with Crippen molar-refractivity contribution in [2.45, 2.75) is 0 Å². The molecule has 0 amide bonds. The molecule has 0 atom stereocenters. The third-order valence-corrected chi connectivity index (χ3v) is 4.10. The van der Waals surface area contributed by atoms with E-state index in [-0.39, 0.29) is 0 Å². The first-order chi connectivity index (χ1) is 7.43. The lowest BCUT2D eigenvalue weighted by atomic mass is 10.7. The summed E-state index contributed by atoms with van der Waals surface area (Å²) < 4.78 is 0. The van der Waals surface area contributed by atoms with Crippen LogP contribution < -0.4 is 0 Å². The third-order valence-electron chi connectivity index (χ3n) is 1.51. The normalized spacial score (nSPS) is 10.7. The maximum atomic E-state index is 4.03. The summed E-state index contributed by atoms with van der Waals surface area (Å²) in [6.07, 6.45) is 0. The number of hydrogen-bond donors (Lipinski definition) is 0. The van der Waals surface area contributed by atoms with Crippen molar-refractivity contribution in [3.05, 3.63) is 11.0 Å². The molecule has 0 radical (unpaired) electrons. The molecule has 0 aromatic carbocycles. The maximum absolute atomic E-state index is 4.03. The molecular formula is C6H2N6S3. The van der Waals surface area contributed by atoms with Gasteiger partial charge in [-0.05, 0) is 0 Å². The van der Waals surface area contributed by atoms with Gasteiger partial charge in [-0.1, -0.05) is 34.0 Å². The van der Waals surface area contributed by atoms with Gasteiger partial charge >= 0.3 is 0 Å². The van der Waals surface area contributed by atoms with E-state index in [1.54, 1.807) is 11.0 Å². The smallest absolute Gasteiger partial charge is 0.147 e. The predicted octanol–water partition coefficient (Wildman–Crippen LogP) is 1.58. The first kappa shape index (κ1) is 8.95. The highest BCUT2D eigenvalue weighted by atomic mass is 32.1. The van der Waals surface area contributed by atoms with Gasteiger partial charge in [-0.15, -0.1) is 30.6 Å². The Morgan fingerprint density at radius 2 is 1.20 bits per heavy atom. The first-order valence-corrected chi connectivity index (χ1v) is 6.37. The average molecular weight is 254 g/mol. The van der Waals surface area contributed by atoms with Gasteiger partial charge < -0.3 is 0 Å². The lowest BCUT2D eigenvalue weighted by Crippen LogP contribution is -1.76. The minimum absolute atomic E-state index is 0.766. The van der Waals surface area contributed by atoms with Crippen molar-refractivity contribution >= 4 is 34.0 Å². The Kier molecular flexibility index (Phi) is 2.19. The summed E-state index contributed by atoms with van der Waals surface area (Å²) >= 11 is 4.32. The first-order valence-electron chi connectivity index (χ1n) is 3.80. The zero-order chi connectivity index (χ0) is 10.1. The molecule has 6 nitrogen and oxygen atoms in total. The summed E-state index contributed by atoms with van der Waals surface area (Å²) in [4.78, 5) is 0. The summed E-state index contributed by atoms with van der Waals surface area (Å²) in [6, 6.07) is 0. The Bertz CT molecular complexity index is 492. The van der Waals surface area contributed by atoms with Crippen molar-refractivity contribution < 1.29 is 0 Å². The van der Waals surface area contributed by atoms with Gasteiger partial charge in [-0.3, -0.25) is 0 Å². The molecule has 0 aliphatic rings. The van der Waals surface area contributed by atoms with Crippen molar-refractivity contribution in [3.63, 3.8) is 0 Å². The van der Waals surface area contributed by atoms with Crippen LogP contribution in [0.1, 0.15) is 0 Å². The standard InChI is InChI=1S/C6H2N6S3/c1-7-9-3(13-1)5-11-12-6(15-5)4-10-8-2-14-4/h1-2H. The SMILES string of the molecule is c1nnc(-c2nnc(-c3nncs3)s2)s1. The van der Waals surface area contributed by atoms with Crippen molar-refractivity contribution in [1.29, 1.82) is 0 Å². The van der Waals surface area contributed by atoms with Crippen LogP contribution in [0, 0.1) is 0 Å². The number of aromatic nitrogens is 6. The van der Waals surface area contributed by atoms with E-state index < -0.39 is 0 Å². The van der Waals surface area contributed by atoms with E-state index >= 15 is 0 Å².